The summed E-state index contributed by atoms with van der Waals surface area (Å²) in [6.45, 7) is -0.442. The van der Waals surface area contributed by atoms with E-state index in [4.69, 9.17) is 4.42 Å². The molecule has 1 aliphatic rings. The van der Waals surface area contributed by atoms with Crippen LogP contribution in [0.5, 0.6) is 0 Å². The van der Waals surface area contributed by atoms with Gasteiger partial charge >= 0.3 is 0 Å². The van der Waals surface area contributed by atoms with E-state index in [-0.39, 0.29) is 6.42 Å². The Balaban J connectivity index is 1.36. The number of fused-ring (bicyclic) bond motifs is 2. The van der Waals surface area contributed by atoms with Crippen molar-refractivity contribution in [3.8, 4) is 0 Å². The van der Waals surface area contributed by atoms with Gasteiger partial charge in [0.15, 0.2) is 17.5 Å². The van der Waals surface area contributed by atoms with Crippen LogP contribution in [-0.4, -0.2) is 18.4 Å². The molecule has 0 aliphatic heterocycles. The van der Waals surface area contributed by atoms with E-state index in [1.54, 1.807) is 0 Å². The molecule has 1 heterocycles. The summed E-state index contributed by atoms with van der Waals surface area (Å²) in [5.41, 5.74) is 3.45. The second-order valence-electron chi connectivity index (χ2n) is 6.96. The minimum Gasteiger partial charge on any atom is -0.464 e. The fraction of sp³-hybridized carbons (Fsp3) is 0.238. The van der Waals surface area contributed by atoms with Crippen molar-refractivity contribution >= 4 is 28.5 Å². The maximum Gasteiger partial charge on any atom is 0.243 e. The molecule has 0 fully saturated rings. The molecule has 4 rings (SSSR count). The molecule has 5 nitrogen and oxygen atoms in total. The van der Waals surface area contributed by atoms with Crippen LogP contribution in [0.15, 0.2) is 34.9 Å². The maximum absolute atomic E-state index is 13.6. The highest BCUT2D eigenvalue weighted by Crippen LogP contribution is 2.30. The lowest BCUT2D eigenvalue weighted by atomic mass is 10.0. The number of amides is 2. The van der Waals surface area contributed by atoms with Gasteiger partial charge in [-0.15, -0.1) is 0 Å². The molecule has 8 heteroatoms. The summed E-state index contributed by atoms with van der Waals surface area (Å²) in [6.07, 6.45) is 4.67. The number of aryl methyl sites for hydroxylation is 2. The number of hydrogen-bond donors (Lipinski definition) is 2. The molecule has 0 unspecified atom stereocenters. The fourth-order valence-corrected chi connectivity index (χ4v) is 3.52. The Kier molecular flexibility index (Phi) is 5.00. The van der Waals surface area contributed by atoms with Crippen LogP contribution in [0.2, 0.25) is 0 Å². The minimum atomic E-state index is -1.68. The standard InChI is InChI=1S/C21H17F3N2O3/c22-15-4-5-16(21(24)20(15)23)26-19(28)9-25-18(27)8-13-10-29-17-7-12-3-1-2-11(12)6-14(13)17/h4-7,10H,1-3,8-9H2,(H,25,27)(H,26,28). The predicted molar refractivity (Wildman–Crippen MR) is 99.9 cm³/mol. The van der Waals surface area contributed by atoms with Crippen LogP contribution in [0.4, 0.5) is 18.9 Å². The molecule has 1 aliphatic carbocycles. The lowest BCUT2D eigenvalue weighted by molar-refractivity contribution is -0.123. The van der Waals surface area contributed by atoms with Crippen LogP contribution < -0.4 is 10.6 Å². The summed E-state index contributed by atoms with van der Waals surface area (Å²) in [4.78, 5) is 24.1. The first-order valence-corrected chi connectivity index (χ1v) is 9.14. The van der Waals surface area contributed by atoms with Gasteiger partial charge in [-0.3, -0.25) is 9.59 Å². The second-order valence-corrected chi connectivity index (χ2v) is 6.96. The van der Waals surface area contributed by atoms with E-state index in [2.05, 4.69) is 10.6 Å². The topological polar surface area (TPSA) is 71.3 Å². The summed E-state index contributed by atoms with van der Waals surface area (Å²) in [7, 11) is 0. The molecule has 0 saturated carbocycles. The monoisotopic (exact) mass is 402 g/mol. The number of anilines is 1. The third kappa shape index (κ3) is 3.83. The molecule has 2 aromatic carbocycles. The lowest BCUT2D eigenvalue weighted by Gasteiger charge is -2.08. The van der Waals surface area contributed by atoms with E-state index in [0.717, 1.165) is 36.3 Å². The Labute approximate surface area is 163 Å². The van der Waals surface area contributed by atoms with Gasteiger partial charge in [0.1, 0.15) is 5.58 Å². The minimum absolute atomic E-state index is 0.0125. The van der Waals surface area contributed by atoms with Crippen molar-refractivity contribution < 1.29 is 27.2 Å². The zero-order valence-electron chi connectivity index (χ0n) is 15.3. The summed E-state index contributed by atoms with van der Waals surface area (Å²) < 4.78 is 45.3. The molecule has 3 aromatic rings. The van der Waals surface area contributed by atoms with E-state index in [1.807, 2.05) is 12.1 Å². The number of hydrogen-bond acceptors (Lipinski definition) is 3. The largest absolute Gasteiger partial charge is 0.464 e. The molecule has 0 spiro atoms. The van der Waals surface area contributed by atoms with Crippen molar-refractivity contribution in [3.63, 3.8) is 0 Å². The van der Waals surface area contributed by atoms with Crippen molar-refractivity contribution in [1.82, 2.24) is 5.32 Å². The SMILES string of the molecule is O=C(Cc1coc2cc3c(cc12)CCC3)NCC(=O)Nc1ccc(F)c(F)c1F. The first kappa shape index (κ1) is 19.0. The van der Waals surface area contributed by atoms with Crippen molar-refractivity contribution in [2.24, 2.45) is 0 Å². The van der Waals surface area contributed by atoms with E-state index in [1.165, 1.54) is 17.4 Å². The highest BCUT2D eigenvalue weighted by Gasteiger charge is 2.18. The van der Waals surface area contributed by atoms with Crippen molar-refractivity contribution in [3.05, 3.63) is 64.7 Å². The number of carbonyl (C=O) groups is 2. The zero-order chi connectivity index (χ0) is 20.5. The highest BCUT2D eigenvalue weighted by molar-refractivity contribution is 5.95. The molecule has 2 amide bonds. The van der Waals surface area contributed by atoms with Gasteiger partial charge in [0.05, 0.1) is 24.9 Å². The molecule has 2 N–H and O–H groups in total. The molecule has 150 valence electrons. The Morgan fingerprint density at radius 3 is 2.55 bits per heavy atom. The molecular formula is C21H17F3N2O3. The van der Waals surface area contributed by atoms with Crippen LogP contribution in [-0.2, 0) is 28.9 Å². The summed E-state index contributed by atoms with van der Waals surface area (Å²) in [6, 6.07) is 5.65. The van der Waals surface area contributed by atoms with E-state index < -0.39 is 41.5 Å². The van der Waals surface area contributed by atoms with Gasteiger partial charge in [-0.1, -0.05) is 0 Å². The average Bonchev–Trinajstić information content (AvgIpc) is 3.31. The molecule has 29 heavy (non-hydrogen) atoms. The fourth-order valence-electron chi connectivity index (χ4n) is 3.52. The molecular weight excluding hydrogens is 385 g/mol. The van der Waals surface area contributed by atoms with Crippen LogP contribution >= 0.6 is 0 Å². The zero-order valence-corrected chi connectivity index (χ0v) is 15.3. The Hall–Kier alpha value is -3.29. The number of carbonyl (C=O) groups excluding carboxylic acids is 2. The first-order chi connectivity index (χ1) is 13.9. The second kappa shape index (κ2) is 7.62. The maximum atomic E-state index is 13.6. The number of halogens is 3. The van der Waals surface area contributed by atoms with E-state index >= 15 is 0 Å². The molecule has 0 bridgehead atoms. The smallest absolute Gasteiger partial charge is 0.243 e. The van der Waals surface area contributed by atoms with Gasteiger partial charge in [0.25, 0.3) is 0 Å². The van der Waals surface area contributed by atoms with Gasteiger partial charge in [-0.2, -0.15) is 0 Å². The van der Waals surface area contributed by atoms with E-state index in [0.29, 0.717) is 11.6 Å². The normalized spacial score (nSPS) is 12.8. The third-order valence-electron chi connectivity index (χ3n) is 4.97. The van der Waals surface area contributed by atoms with Crippen molar-refractivity contribution in [1.29, 1.82) is 0 Å². The van der Waals surface area contributed by atoms with Crippen molar-refractivity contribution in [2.75, 3.05) is 11.9 Å². The average molecular weight is 402 g/mol. The van der Waals surface area contributed by atoms with Crippen LogP contribution in [0.3, 0.4) is 0 Å². The Morgan fingerprint density at radius 2 is 1.76 bits per heavy atom. The van der Waals surface area contributed by atoms with Gasteiger partial charge in [-0.05, 0) is 54.7 Å². The van der Waals surface area contributed by atoms with Gasteiger partial charge < -0.3 is 15.1 Å². The number of rotatable bonds is 5. The third-order valence-corrected chi connectivity index (χ3v) is 4.97. The van der Waals surface area contributed by atoms with Crippen LogP contribution in [0.1, 0.15) is 23.1 Å². The predicted octanol–water partition coefficient (Wildman–Crippen LogP) is 3.64. The number of furan rings is 1. The Morgan fingerprint density at radius 1 is 1.00 bits per heavy atom. The van der Waals surface area contributed by atoms with E-state index in [9.17, 15) is 22.8 Å². The van der Waals surface area contributed by atoms with Gasteiger partial charge in [0.2, 0.25) is 11.8 Å². The van der Waals surface area contributed by atoms with Crippen molar-refractivity contribution in [2.45, 2.75) is 25.7 Å². The summed E-state index contributed by atoms with van der Waals surface area (Å²) >= 11 is 0. The molecule has 0 radical (unpaired) electrons. The lowest BCUT2D eigenvalue weighted by Crippen LogP contribution is -2.34. The van der Waals surface area contributed by atoms with Crippen LogP contribution in [0, 0.1) is 17.5 Å². The molecule has 0 atom stereocenters. The molecule has 0 saturated heterocycles. The highest BCUT2D eigenvalue weighted by atomic mass is 19.2. The van der Waals surface area contributed by atoms with Gasteiger partial charge in [-0.25, -0.2) is 13.2 Å². The summed E-state index contributed by atoms with van der Waals surface area (Å²) in [5.74, 6) is -5.72. The quantitative estimate of drug-likeness (QED) is 0.640. The number of nitrogens with one attached hydrogen (secondary N) is 2. The Bertz CT molecular complexity index is 1120. The van der Waals surface area contributed by atoms with Crippen LogP contribution in [0.25, 0.3) is 11.0 Å². The molecule has 1 aromatic heterocycles. The first-order valence-electron chi connectivity index (χ1n) is 9.14. The van der Waals surface area contributed by atoms with Gasteiger partial charge in [0, 0.05) is 10.9 Å². The number of benzene rings is 2. The summed E-state index contributed by atoms with van der Waals surface area (Å²) in [5, 5.41) is 5.39.